The van der Waals surface area contributed by atoms with Crippen LogP contribution >= 0.6 is 0 Å². The van der Waals surface area contributed by atoms with Crippen molar-refractivity contribution in [2.45, 2.75) is 76.8 Å². The van der Waals surface area contributed by atoms with Crippen LogP contribution in [0.25, 0.3) is 0 Å². The van der Waals surface area contributed by atoms with Gasteiger partial charge < -0.3 is 10.1 Å². The molecule has 0 amide bonds. The van der Waals surface area contributed by atoms with Gasteiger partial charge in [0.1, 0.15) is 0 Å². The fraction of sp³-hybridized carbons (Fsp3) is 1.00. The Bertz CT molecular complexity index is 264. The Morgan fingerprint density at radius 2 is 1.95 bits per heavy atom. The standard InChI is InChI=1S/C17H34N2O/c1-3-5-12-20-13-11-19-14-16(4-2)18-15-17(19)9-7-6-8-10-17/h16,18H,3-15H2,1-2H3. The highest BCUT2D eigenvalue weighted by Crippen LogP contribution is 2.35. The predicted molar refractivity (Wildman–Crippen MR) is 85.2 cm³/mol. The van der Waals surface area contributed by atoms with Crippen LogP contribution in [0.4, 0.5) is 0 Å². The number of unbranched alkanes of at least 4 members (excludes halogenated alkanes) is 1. The lowest BCUT2D eigenvalue weighted by Gasteiger charge is -2.52. The van der Waals surface area contributed by atoms with Crippen molar-refractivity contribution in [1.82, 2.24) is 10.2 Å². The topological polar surface area (TPSA) is 24.5 Å². The van der Waals surface area contributed by atoms with Crippen molar-refractivity contribution in [3.05, 3.63) is 0 Å². The molecule has 0 aromatic rings. The molecule has 1 aliphatic carbocycles. The van der Waals surface area contributed by atoms with Gasteiger partial charge in [0, 0.05) is 37.8 Å². The number of nitrogens with one attached hydrogen (secondary N) is 1. The first-order chi connectivity index (χ1) is 9.80. The lowest BCUT2D eigenvalue weighted by atomic mass is 9.78. The van der Waals surface area contributed by atoms with Gasteiger partial charge in [-0.3, -0.25) is 4.90 Å². The molecule has 1 saturated heterocycles. The van der Waals surface area contributed by atoms with Crippen LogP contribution in [0.15, 0.2) is 0 Å². The van der Waals surface area contributed by atoms with Crippen molar-refractivity contribution in [3.8, 4) is 0 Å². The molecule has 1 heterocycles. The molecule has 0 radical (unpaired) electrons. The fourth-order valence-corrected chi connectivity index (χ4v) is 3.80. The minimum atomic E-state index is 0.442. The lowest BCUT2D eigenvalue weighted by Crippen LogP contribution is -2.65. The van der Waals surface area contributed by atoms with E-state index < -0.39 is 0 Å². The van der Waals surface area contributed by atoms with E-state index in [-0.39, 0.29) is 0 Å². The van der Waals surface area contributed by atoms with E-state index in [0.717, 1.165) is 19.8 Å². The number of rotatable bonds is 7. The van der Waals surface area contributed by atoms with E-state index in [1.54, 1.807) is 0 Å². The van der Waals surface area contributed by atoms with Crippen LogP contribution in [0.5, 0.6) is 0 Å². The average molecular weight is 282 g/mol. The fourth-order valence-electron chi connectivity index (χ4n) is 3.80. The second-order valence-corrected chi connectivity index (χ2v) is 6.68. The second-order valence-electron chi connectivity index (χ2n) is 6.68. The Balaban J connectivity index is 1.85. The van der Waals surface area contributed by atoms with Gasteiger partial charge in [0.25, 0.3) is 0 Å². The van der Waals surface area contributed by atoms with E-state index in [9.17, 15) is 0 Å². The van der Waals surface area contributed by atoms with Gasteiger partial charge in [-0.15, -0.1) is 0 Å². The van der Waals surface area contributed by atoms with Gasteiger partial charge in [0.15, 0.2) is 0 Å². The first-order valence-corrected chi connectivity index (χ1v) is 8.87. The van der Waals surface area contributed by atoms with E-state index in [4.69, 9.17) is 4.74 Å². The molecule has 0 aromatic heterocycles. The van der Waals surface area contributed by atoms with Crippen LogP contribution in [-0.2, 0) is 4.74 Å². The molecule has 1 atom stereocenters. The third kappa shape index (κ3) is 4.19. The quantitative estimate of drug-likeness (QED) is 0.726. The highest BCUT2D eigenvalue weighted by molar-refractivity contribution is 5.00. The zero-order valence-electron chi connectivity index (χ0n) is 13.6. The van der Waals surface area contributed by atoms with E-state index >= 15 is 0 Å². The number of ether oxygens (including phenoxy) is 1. The van der Waals surface area contributed by atoms with Crippen LogP contribution in [-0.4, -0.2) is 49.3 Å². The van der Waals surface area contributed by atoms with Crippen molar-refractivity contribution in [2.24, 2.45) is 0 Å². The molecule has 0 aromatic carbocycles. The smallest absolute Gasteiger partial charge is 0.0593 e. The van der Waals surface area contributed by atoms with Gasteiger partial charge in [-0.05, 0) is 25.7 Å². The van der Waals surface area contributed by atoms with Gasteiger partial charge in [-0.1, -0.05) is 39.5 Å². The summed E-state index contributed by atoms with van der Waals surface area (Å²) in [6, 6.07) is 0.679. The molecular formula is C17H34N2O. The Morgan fingerprint density at radius 1 is 1.15 bits per heavy atom. The molecule has 1 saturated carbocycles. The largest absolute Gasteiger partial charge is 0.380 e. The molecule has 20 heavy (non-hydrogen) atoms. The van der Waals surface area contributed by atoms with Crippen molar-refractivity contribution < 1.29 is 4.74 Å². The SMILES string of the molecule is CCCCOCCN1CC(CC)NCC12CCCCC2. The summed E-state index contributed by atoms with van der Waals surface area (Å²) < 4.78 is 5.82. The minimum absolute atomic E-state index is 0.442. The van der Waals surface area contributed by atoms with Crippen LogP contribution in [0.2, 0.25) is 0 Å². The molecule has 3 heteroatoms. The first kappa shape index (κ1) is 16.3. The summed E-state index contributed by atoms with van der Waals surface area (Å²) in [4.78, 5) is 2.77. The van der Waals surface area contributed by atoms with Gasteiger partial charge in [-0.25, -0.2) is 0 Å². The molecule has 118 valence electrons. The van der Waals surface area contributed by atoms with Crippen molar-refractivity contribution in [1.29, 1.82) is 0 Å². The summed E-state index contributed by atoms with van der Waals surface area (Å²) in [5.74, 6) is 0. The van der Waals surface area contributed by atoms with E-state index in [0.29, 0.717) is 11.6 Å². The third-order valence-electron chi connectivity index (χ3n) is 5.26. The Hall–Kier alpha value is -0.120. The number of hydrogen-bond donors (Lipinski definition) is 1. The zero-order chi connectivity index (χ0) is 14.3. The molecular weight excluding hydrogens is 248 g/mol. The maximum atomic E-state index is 5.82. The van der Waals surface area contributed by atoms with Gasteiger partial charge in [0.05, 0.1) is 6.61 Å². The zero-order valence-corrected chi connectivity index (χ0v) is 13.6. The molecule has 1 unspecified atom stereocenters. The van der Waals surface area contributed by atoms with Crippen LogP contribution in [0.1, 0.15) is 65.2 Å². The molecule has 2 fully saturated rings. The van der Waals surface area contributed by atoms with Gasteiger partial charge in [-0.2, -0.15) is 0 Å². The van der Waals surface area contributed by atoms with Crippen LogP contribution in [0, 0.1) is 0 Å². The summed E-state index contributed by atoms with van der Waals surface area (Å²) in [5, 5.41) is 3.79. The number of piperazine rings is 1. The highest BCUT2D eigenvalue weighted by Gasteiger charge is 2.41. The molecule has 1 spiro atoms. The average Bonchev–Trinajstić information content (AvgIpc) is 2.50. The summed E-state index contributed by atoms with van der Waals surface area (Å²) in [7, 11) is 0. The first-order valence-electron chi connectivity index (χ1n) is 8.87. The van der Waals surface area contributed by atoms with Crippen molar-refractivity contribution in [2.75, 3.05) is 32.8 Å². The van der Waals surface area contributed by atoms with E-state index in [1.807, 2.05) is 0 Å². The number of hydrogen-bond acceptors (Lipinski definition) is 3. The molecule has 1 aliphatic heterocycles. The monoisotopic (exact) mass is 282 g/mol. The number of nitrogens with zero attached hydrogens (tertiary/aromatic N) is 1. The normalized spacial score (nSPS) is 27.0. The third-order valence-corrected chi connectivity index (χ3v) is 5.26. The summed E-state index contributed by atoms with van der Waals surface area (Å²) in [6.45, 7) is 9.91. The maximum absolute atomic E-state index is 5.82. The molecule has 1 N–H and O–H groups in total. The minimum Gasteiger partial charge on any atom is -0.380 e. The van der Waals surface area contributed by atoms with E-state index in [2.05, 4.69) is 24.1 Å². The molecule has 3 nitrogen and oxygen atoms in total. The van der Waals surface area contributed by atoms with Crippen LogP contribution in [0.3, 0.4) is 0 Å². The van der Waals surface area contributed by atoms with Crippen LogP contribution < -0.4 is 5.32 Å². The van der Waals surface area contributed by atoms with E-state index in [1.165, 1.54) is 64.5 Å². The maximum Gasteiger partial charge on any atom is 0.0593 e. The van der Waals surface area contributed by atoms with Gasteiger partial charge >= 0.3 is 0 Å². The summed E-state index contributed by atoms with van der Waals surface area (Å²) in [6.07, 6.45) is 10.7. The Morgan fingerprint density at radius 3 is 2.65 bits per heavy atom. The van der Waals surface area contributed by atoms with Crippen molar-refractivity contribution in [3.63, 3.8) is 0 Å². The molecule has 2 rings (SSSR count). The lowest BCUT2D eigenvalue weighted by molar-refractivity contribution is -0.0122. The van der Waals surface area contributed by atoms with Gasteiger partial charge in [0.2, 0.25) is 0 Å². The summed E-state index contributed by atoms with van der Waals surface area (Å²) in [5.41, 5.74) is 0.442. The predicted octanol–water partition coefficient (Wildman–Crippen LogP) is 3.19. The Kier molecular flexibility index (Phi) is 6.79. The highest BCUT2D eigenvalue weighted by atomic mass is 16.5. The Labute approximate surface area is 125 Å². The molecule has 2 aliphatic rings. The molecule has 0 bridgehead atoms. The van der Waals surface area contributed by atoms with Crippen molar-refractivity contribution >= 4 is 0 Å². The summed E-state index contributed by atoms with van der Waals surface area (Å²) >= 11 is 0. The second kappa shape index (κ2) is 8.35.